The Kier molecular flexibility index (Phi) is 6.26. The van der Waals surface area contributed by atoms with E-state index < -0.39 is 5.97 Å². The lowest BCUT2D eigenvalue weighted by Crippen LogP contribution is -2.10. The third-order valence-corrected chi connectivity index (χ3v) is 7.05. The Morgan fingerprint density at radius 3 is 2.59 bits per heavy atom. The second-order valence-corrected chi connectivity index (χ2v) is 9.37. The first kappa shape index (κ1) is 22.4. The Balaban J connectivity index is 1.72. The number of thioether (sulfide) groups is 1. The molecule has 3 aromatic carbocycles. The predicted octanol–water partition coefficient (Wildman–Crippen LogP) is 6.57. The van der Waals surface area contributed by atoms with Crippen molar-refractivity contribution in [3.05, 3.63) is 71.9 Å². The van der Waals surface area contributed by atoms with Crippen LogP contribution in [0.3, 0.4) is 0 Å². The normalized spacial score (nSPS) is 11.4. The Labute approximate surface area is 205 Å². The maximum atomic E-state index is 12.7. The van der Waals surface area contributed by atoms with E-state index in [1.807, 2.05) is 71.5 Å². The Morgan fingerprint density at radius 2 is 1.85 bits per heavy atom. The fourth-order valence-corrected chi connectivity index (χ4v) is 5.11. The predicted molar refractivity (Wildman–Crippen MR) is 138 cm³/mol. The smallest absolute Gasteiger partial charge is 0.353 e. The molecule has 0 saturated carbocycles. The number of hydrogen-bond acceptors (Lipinski definition) is 6. The van der Waals surface area contributed by atoms with Crippen LogP contribution in [0.4, 0.5) is 0 Å². The van der Waals surface area contributed by atoms with E-state index >= 15 is 0 Å². The van der Waals surface area contributed by atoms with Gasteiger partial charge in [0.15, 0.2) is 0 Å². The number of rotatable bonds is 8. The molecule has 0 radical (unpaired) electrons. The van der Waals surface area contributed by atoms with Gasteiger partial charge >= 0.3 is 5.97 Å². The van der Waals surface area contributed by atoms with Crippen LogP contribution in [-0.4, -0.2) is 37.3 Å². The van der Waals surface area contributed by atoms with Crippen LogP contribution in [-0.2, 0) is 6.54 Å². The molecule has 6 nitrogen and oxygen atoms in total. The molecule has 8 heteroatoms. The van der Waals surface area contributed by atoms with Crippen molar-refractivity contribution in [2.24, 2.45) is 0 Å². The van der Waals surface area contributed by atoms with E-state index in [0.29, 0.717) is 18.7 Å². The molecule has 0 spiro atoms. The van der Waals surface area contributed by atoms with Gasteiger partial charge in [-0.05, 0) is 66.3 Å². The summed E-state index contributed by atoms with van der Waals surface area (Å²) in [6.45, 7) is 3.08. The lowest BCUT2D eigenvalue weighted by molar-refractivity contribution is 0.0687. The SMILES string of the molecule is CCCOc1ccc2c(c1)c(-c1ccc(SC)cc1)c(C(=O)O)n2Cc1ccc2nsnc2c1. The van der Waals surface area contributed by atoms with Crippen molar-refractivity contribution in [3.63, 3.8) is 0 Å². The summed E-state index contributed by atoms with van der Waals surface area (Å²) in [5.41, 5.74) is 5.31. The summed E-state index contributed by atoms with van der Waals surface area (Å²) in [5.74, 6) is -0.229. The topological polar surface area (TPSA) is 77.2 Å². The van der Waals surface area contributed by atoms with Crippen LogP contribution in [0.2, 0.25) is 0 Å². The van der Waals surface area contributed by atoms with E-state index in [4.69, 9.17) is 4.74 Å². The standard InChI is InChI=1S/C26H23N3O3S2/c1-3-12-32-18-7-11-23-20(14-18)24(17-5-8-19(33-2)9-6-17)25(26(30)31)29(23)15-16-4-10-21-22(13-16)28-34-27-21/h4-11,13-14H,3,12,15H2,1-2H3,(H,30,31). The minimum Gasteiger partial charge on any atom is -0.494 e. The molecule has 0 atom stereocenters. The number of carboxylic acid groups (broad SMARTS) is 1. The summed E-state index contributed by atoms with van der Waals surface area (Å²) in [4.78, 5) is 13.8. The van der Waals surface area contributed by atoms with E-state index in [1.165, 1.54) is 11.7 Å². The van der Waals surface area contributed by atoms with Crippen LogP contribution in [0.15, 0.2) is 65.6 Å². The summed E-state index contributed by atoms with van der Waals surface area (Å²) in [7, 11) is 0. The van der Waals surface area contributed by atoms with E-state index in [9.17, 15) is 9.90 Å². The van der Waals surface area contributed by atoms with Crippen molar-refractivity contribution in [1.82, 2.24) is 13.3 Å². The Bertz CT molecular complexity index is 1490. The Hall–Kier alpha value is -3.36. The van der Waals surface area contributed by atoms with Crippen molar-refractivity contribution in [2.45, 2.75) is 24.8 Å². The molecule has 172 valence electrons. The number of aromatic carboxylic acids is 1. The first-order chi connectivity index (χ1) is 16.6. The minimum atomic E-state index is -0.965. The Morgan fingerprint density at radius 1 is 1.06 bits per heavy atom. The van der Waals surface area contributed by atoms with E-state index in [2.05, 4.69) is 15.7 Å². The van der Waals surface area contributed by atoms with Crippen LogP contribution >= 0.6 is 23.5 Å². The number of fused-ring (bicyclic) bond motifs is 2. The fraction of sp³-hybridized carbons (Fsp3) is 0.192. The van der Waals surface area contributed by atoms with E-state index in [-0.39, 0.29) is 5.69 Å². The number of aromatic nitrogens is 3. The highest BCUT2D eigenvalue weighted by atomic mass is 32.2. The summed E-state index contributed by atoms with van der Waals surface area (Å²) in [6, 6.07) is 19.7. The molecular weight excluding hydrogens is 466 g/mol. The first-order valence-corrected chi connectivity index (χ1v) is 12.9. The largest absolute Gasteiger partial charge is 0.494 e. The van der Waals surface area contributed by atoms with Gasteiger partial charge in [0.1, 0.15) is 22.5 Å². The highest BCUT2D eigenvalue weighted by Crippen LogP contribution is 2.38. The van der Waals surface area contributed by atoms with E-state index in [1.54, 1.807) is 11.8 Å². The zero-order valence-corrected chi connectivity index (χ0v) is 20.4. The second kappa shape index (κ2) is 9.48. The van der Waals surface area contributed by atoms with Crippen molar-refractivity contribution in [3.8, 4) is 16.9 Å². The maximum Gasteiger partial charge on any atom is 0.353 e. The lowest BCUT2D eigenvalue weighted by atomic mass is 10.0. The van der Waals surface area contributed by atoms with Crippen molar-refractivity contribution in [2.75, 3.05) is 12.9 Å². The molecule has 0 amide bonds. The molecule has 34 heavy (non-hydrogen) atoms. The van der Waals surface area contributed by atoms with Crippen LogP contribution in [0, 0.1) is 0 Å². The van der Waals surface area contributed by atoms with Crippen LogP contribution in [0.5, 0.6) is 5.75 Å². The van der Waals surface area contributed by atoms with Gasteiger partial charge in [-0.15, -0.1) is 11.8 Å². The average Bonchev–Trinajstić information content (AvgIpc) is 3.45. The number of ether oxygens (including phenoxy) is 1. The average molecular weight is 490 g/mol. The lowest BCUT2D eigenvalue weighted by Gasteiger charge is -2.10. The van der Waals surface area contributed by atoms with Gasteiger partial charge in [0.25, 0.3) is 0 Å². The molecule has 0 fully saturated rings. The quantitative estimate of drug-likeness (QED) is 0.248. The number of carbonyl (C=O) groups is 1. The summed E-state index contributed by atoms with van der Waals surface area (Å²) in [5, 5.41) is 11.2. The molecule has 0 aliphatic rings. The van der Waals surface area contributed by atoms with Crippen molar-refractivity contribution >= 4 is 51.4 Å². The molecule has 2 aromatic heterocycles. The molecule has 5 aromatic rings. The second-order valence-electron chi connectivity index (χ2n) is 7.96. The van der Waals surface area contributed by atoms with Gasteiger partial charge in [-0.2, -0.15) is 8.75 Å². The van der Waals surface area contributed by atoms with Crippen molar-refractivity contribution < 1.29 is 14.6 Å². The third-order valence-electron chi connectivity index (χ3n) is 5.75. The molecule has 0 aliphatic heterocycles. The maximum absolute atomic E-state index is 12.7. The fourth-order valence-electron chi connectivity index (χ4n) is 4.19. The van der Waals surface area contributed by atoms with Gasteiger partial charge in [-0.25, -0.2) is 4.79 Å². The minimum absolute atomic E-state index is 0.260. The first-order valence-electron chi connectivity index (χ1n) is 11.0. The van der Waals surface area contributed by atoms with Gasteiger partial charge < -0.3 is 14.4 Å². The molecule has 0 aliphatic carbocycles. The van der Waals surface area contributed by atoms with Crippen molar-refractivity contribution in [1.29, 1.82) is 0 Å². The monoisotopic (exact) mass is 489 g/mol. The number of nitrogens with zero attached hydrogens (tertiary/aromatic N) is 3. The number of hydrogen-bond donors (Lipinski definition) is 1. The molecule has 0 saturated heterocycles. The molecule has 1 N–H and O–H groups in total. The summed E-state index contributed by atoms with van der Waals surface area (Å²) in [6.07, 6.45) is 2.92. The van der Waals surface area contributed by atoms with Crippen LogP contribution in [0.25, 0.3) is 33.1 Å². The third kappa shape index (κ3) is 4.15. The van der Waals surface area contributed by atoms with E-state index in [0.717, 1.165) is 50.1 Å². The number of carboxylic acids is 1. The molecule has 2 heterocycles. The zero-order chi connectivity index (χ0) is 23.7. The molecule has 5 rings (SSSR count). The van der Waals surface area contributed by atoms with Gasteiger partial charge in [-0.3, -0.25) is 0 Å². The van der Waals surface area contributed by atoms with Gasteiger partial charge in [-0.1, -0.05) is 25.1 Å². The zero-order valence-electron chi connectivity index (χ0n) is 18.8. The van der Waals surface area contributed by atoms with Gasteiger partial charge in [0.05, 0.1) is 18.3 Å². The molecule has 0 bridgehead atoms. The molecule has 0 unspecified atom stereocenters. The summed E-state index contributed by atoms with van der Waals surface area (Å²) < 4.78 is 16.4. The highest BCUT2D eigenvalue weighted by molar-refractivity contribution is 7.98. The van der Waals surface area contributed by atoms with Crippen LogP contribution < -0.4 is 4.74 Å². The number of benzene rings is 3. The van der Waals surface area contributed by atoms with Crippen LogP contribution in [0.1, 0.15) is 29.4 Å². The highest BCUT2D eigenvalue weighted by Gasteiger charge is 2.24. The summed E-state index contributed by atoms with van der Waals surface area (Å²) >= 11 is 2.83. The molecular formula is C26H23N3O3S2. The van der Waals surface area contributed by atoms with Gasteiger partial charge in [0.2, 0.25) is 0 Å². The van der Waals surface area contributed by atoms with Gasteiger partial charge in [0, 0.05) is 27.9 Å².